The molecule has 0 aliphatic rings. The Labute approximate surface area is 140 Å². The highest BCUT2D eigenvalue weighted by Crippen LogP contribution is 2.33. The number of carbonyl (C=O) groups excluding carboxylic acids is 2. The maximum Gasteiger partial charge on any atom is 0.420 e. The number of benzene rings is 1. The van der Waals surface area contributed by atoms with Gasteiger partial charge in [0.2, 0.25) is 5.91 Å². The number of aromatic nitrogens is 1. The SMILES string of the molecule is CC(C)CCOc1c(OC(=O)NC(=O)CN)ncc2ccccc12. The fraction of sp³-hybridized carbons (Fsp3) is 0.353. The Balaban J connectivity index is 2.26. The largest absolute Gasteiger partial charge is 0.487 e. The summed E-state index contributed by atoms with van der Waals surface area (Å²) < 4.78 is 10.9. The lowest BCUT2D eigenvalue weighted by molar-refractivity contribution is -0.118. The molecule has 1 aromatic heterocycles. The van der Waals surface area contributed by atoms with E-state index in [0.29, 0.717) is 18.3 Å². The number of amides is 2. The smallest absolute Gasteiger partial charge is 0.420 e. The normalized spacial score (nSPS) is 10.7. The molecule has 1 heterocycles. The monoisotopic (exact) mass is 331 g/mol. The number of ether oxygens (including phenoxy) is 2. The Morgan fingerprint density at radius 2 is 2.04 bits per heavy atom. The Morgan fingerprint density at radius 3 is 2.75 bits per heavy atom. The van der Waals surface area contributed by atoms with E-state index in [9.17, 15) is 9.59 Å². The molecular formula is C17H21N3O4. The molecule has 1 aromatic carbocycles. The fourth-order valence-corrected chi connectivity index (χ4v) is 2.01. The summed E-state index contributed by atoms with van der Waals surface area (Å²) in [7, 11) is 0. The molecule has 0 atom stereocenters. The minimum absolute atomic E-state index is 0.0137. The van der Waals surface area contributed by atoms with Crippen LogP contribution < -0.4 is 20.5 Å². The number of nitrogens with one attached hydrogen (secondary N) is 1. The van der Waals surface area contributed by atoms with Crippen LogP contribution in [0, 0.1) is 5.92 Å². The predicted molar refractivity (Wildman–Crippen MR) is 89.9 cm³/mol. The van der Waals surface area contributed by atoms with E-state index in [0.717, 1.165) is 17.2 Å². The number of nitrogens with zero attached hydrogens (tertiary/aromatic N) is 1. The number of hydrogen-bond donors (Lipinski definition) is 2. The van der Waals surface area contributed by atoms with E-state index >= 15 is 0 Å². The molecule has 7 heteroatoms. The van der Waals surface area contributed by atoms with Crippen molar-refractivity contribution >= 4 is 22.8 Å². The van der Waals surface area contributed by atoms with E-state index in [4.69, 9.17) is 15.2 Å². The molecule has 0 aliphatic carbocycles. The molecular weight excluding hydrogens is 310 g/mol. The highest BCUT2D eigenvalue weighted by Gasteiger charge is 2.17. The first-order valence-electron chi connectivity index (χ1n) is 7.73. The molecule has 3 N–H and O–H groups in total. The molecule has 2 amide bonds. The molecule has 0 radical (unpaired) electrons. The zero-order valence-electron chi connectivity index (χ0n) is 13.7. The van der Waals surface area contributed by atoms with Crippen molar-refractivity contribution in [3.63, 3.8) is 0 Å². The highest BCUT2D eigenvalue weighted by atomic mass is 16.6. The van der Waals surface area contributed by atoms with Crippen LogP contribution in [0.1, 0.15) is 20.3 Å². The molecule has 128 valence electrons. The molecule has 7 nitrogen and oxygen atoms in total. The van der Waals surface area contributed by atoms with Gasteiger partial charge in [-0.3, -0.25) is 10.1 Å². The molecule has 0 aliphatic heterocycles. The summed E-state index contributed by atoms with van der Waals surface area (Å²) in [4.78, 5) is 27.0. The van der Waals surface area contributed by atoms with Crippen molar-refractivity contribution in [1.29, 1.82) is 0 Å². The second-order valence-corrected chi connectivity index (χ2v) is 5.65. The molecule has 0 saturated heterocycles. The van der Waals surface area contributed by atoms with Gasteiger partial charge in [-0.05, 0) is 12.3 Å². The number of fused-ring (bicyclic) bond motifs is 1. The van der Waals surface area contributed by atoms with Crippen LogP contribution in [-0.2, 0) is 4.79 Å². The molecule has 2 rings (SSSR count). The minimum atomic E-state index is -0.943. The van der Waals surface area contributed by atoms with E-state index in [1.54, 1.807) is 6.20 Å². The third kappa shape index (κ3) is 4.66. The number of carbonyl (C=O) groups is 2. The maximum absolute atomic E-state index is 11.7. The molecule has 24 heavy (non-hydrogen) atoms. The second kappa shape index (κ2) is 8.26. The van der Waals surface area contributed by atoms with Crippen LogP contribution in [0.25, 0.3) is 10.8 Å². The molecule has 0 spiro atoms. The number of rotatable bonds is 6. The lowest BCUT2D eigenvalue weighted by Crippen LogP contribution is -2.37. The van der Waals surface area contributed by atoms with Gasteiger partial charge >= 0.3 is 6.09 Å². The lowest BCUT2D eigenvalue weighted by Gasteiger charge is -2.14. The van der Waals surface area contributed by atoms with Gasteiger partial charge in [-0.15, -0.1) is 0 Å². The van der Waals surface area contributed by atoms with E-state index in [-0.39, 0.29) is 12.4 Å². The van der Waals surface area contributed by atoms with Crippen molar-refractivity contribution in [1.82, 2.24) is 10.3 Å². The summed E-state index contributed by atoms with van der Waals surface area (Å²) in [6.45, 7) is 4.34. The summed E-state index contributed by atoms with van der Waals surface area (Å²) in [6.07, 6.45) is 1.49. The van der Waals surface area contributed by atoms with Gasteiger partial charge in [0, 0.05) is 17.0 Å². The quantitative estimate of drug-likeness (QED) is 0.841. The number of imide groups is 1. The van der Waals surface area contributed by atoms with E-state index in [1.807, 2.05) is 29.6 Å². The first kappa shape index (κ1) is 17.7. The van der Waals surface area contributed by atoms with Crippen LogP contribution in [0.4, 0.5) is 4.79 Å². The maximum atomic E-state index is 11.7. The standard InChI is InChI=1S/C17H21N3O4/c1-11(2)7-8-23-15-13-6-4-3-5-12(13)10-19-16(15)24-17(22)20-14(21)9-18/h3-6,10-11H,7-9,18H2,1-2H3,(H,20,21,22). The molecule has 0 unspecified atom stereocenters. The van der Waals surface area contributed by atoms with Crippen LogP contribution in [-0.4, -0.2) is 30.1 Å². The third-order valence-electron chi connectivity index (χ3n) is 3.28. The van der Waals surface area contributed by atoms with Gasteiger partial charge in [0.05, 0.1) is 13.2 Å². The Morgan fingerprint density at radius 1 is 1.29 bits per heavy atom. The van der Waals surface area contributed by atoms with Crippen molar-refractivity contribution in [3.8, 4) is 11.6 Å². The first-order chi connectivity index (χ1) is 11.5. The van der Waals surface area contributed by atoms with Crippen molar-refractivity contribution in [3.05, 3.63) is 30.5 Å². The summed E-state index contributed by atoms with van der Waals surface area (Å²) in [5.41, 5.74) is 5.15. The zero-order chi connectivity index (χ0) is 17.5. The van der Waals surface area contributed by atoms with Crippen molar-refractivity contribution in [2.24, 2.45) is 11.7 Å². The van der Waals surface area contributed by atoms with Crippen LogP contribution in [0.15, 0.2) is 30.5 Å². The van der Waals surface area contributed by atoms with Gasteiger partial charge in [-0.1, -0.05) is 38.1 Å². The molecule has 2 aromatic rings. The van der Waals surface area contributed by atoms with Gasteiger partial charge in [-0.25, -0.2) is 9.78 Å². The summed E-state index contributed by atoms with van der Waals surface area (Å²) in [5, 5.41) is 3.65. The number of pyridine rings is 1. The van der Waals surface area contributed by atoms with Crippen LogP contribution >= 0.6 is 0 Å². The second-order valence-electron chi connectivity index (χ2n) is 5.65. The Kier molecular flexibility index (Phi) is 6.08. The Bertz CT molecular complexity index is 731. The van der Waals surface area contributed by atoms with Gasteiger partial charge in [0.15, 0.2) is 5.75 Å². The average molecular weight is 331 g/mol. The van der Waals surface area contributed by atoms with Gasteiger partial charge in [0.1, 0.15) is 0 Å². The fourth-order valence-electron chi connectivity index (χ4n) is 2.01. The molecule has 0 saturated carbocycles. The van der Waals surface area contributed by atoms with Crippen molar-refractivity contribution in [2.75, 3.05) is 13.2 Å². The van der Waals surface area contributed by atoms with Crippen LogP contribution in [0.2, 0.25) is 0 Å². The third-order valence-corrected chi connectivity index (χ3v) is 3.28. The van der Waals surface area contributed by atoms with Gasteiger partial charge in [0.25, 0.3) is 5.88 Å². The highest BCUT2D eigenvalue weighted by molar-refractivity contribution is 5.94. The summed E-state index contributed by atoms with van der Waals surface area (Å²) in [5.74, 6) is 0.231. The van der Waals surface area contributed by atoms with E-state index < -0.39 is 12.0 Å². The van der Waals surface area contributed by atoms with Gasteiger partial charge in [-0.2, -0.15) is 0 Å². The van der Waals surface area contributed by atoms with Gasteiger partial charge < -0.3 is 15.2 Å². The first-order valence-corrected chi connectivity index (χ1v) is 7.73. The van der Waals surface area contributed by atoms with Crippen molar-refractivity contribution < 1.29 is 19.1 Å². The van der Waals surface area contributed by atoms with Crippen molar-refractivity contribution in [2.45, 2.75) is 20.3 Å². The van der Waals surface area contributed by atoms with Crippen LogP contribution in [0.3, 0.4) is 0 Å². The topological polar surface area (TPSA) is 104 Å². The zero-order valence-corrected chi connectivity index (χ0v) is 13.7. The minimum Gasteiger partial charge on any atom is -0.487 e. The number of nitrogens with two attached hydrogens (primary N) is 1. The molecule has 0 fully saturated rings. The molecule has 0 bridgehead atoms. The predicted octanol–water partition coefficient (Wildman–Crippen LogP) is 2.23. The summed E-state index contributed by atoms with van der Waals surface area (Å²) >= 11 is 0. The number of hydrogen-bond acceptors (Lipinski definition) is 6. The van der Waals surface area contributed by atoms with E-state index in [2.05, 4.69) is 18.8 Å². The summed E-state index contributed by atoms with van der Waals surface area (Å²) in [6, 6.07) is 7.49. The van der Waals surface area contributed by atoms with E-state index in [1.165, 1.54) is 0 Å². The van der Waals surface area contributed by atoms with Crippen LogP contribution in [0.5, 0.6) is 11.6 Å². The lowest BCUT2D eigenvalue weighted by atomic mass is 10.1. The Hall–Kier alpha value is -2.67. The average Bonchev–Trinajstić information content (AvgIpc) is 2.56.